The third kappa shape index (κ3) is 2.73. The maximum atomic E-state index is 13.2. The second kappa shape index (κ2) is 4.98. The Labute approximate surface area is 89.7 Å². The van der Waals surface area contributed by atoms with Gasteiger partial charge in [-0.1, -0.05) is 0 Å². The maximum Gasteiger partial charge on any atom is 0.305 e. The molecule has 0 bridgehead atoms. The summed E-state index contributed by atoms with van der Waals surface area (Å²) >= 11 is 0. The van der Waals surface area contributed by atoms with E-state index in [0.29, 0.717) is 6.07 Å². The van der Waals surface area contributed by atoms with Crippen LogP contribution in [0.1, 0.15) is 23.6 Å². The van der Waals surface area contributed by atoms with Crippen molar-refractivity contribution >= 4 is 5.97 Å². The van der Waals surface area contributed by atoms with Crippen LogP contribution in [0.2, 0.25) is 0 Å². The molecule has 1 rings (SSSR count). The lowest BCUT2D eigenvalue weighted by molar-refractivity contribution is -0.137. The zero-order valence-corrected chi connectivity index (χ0v) is 8.21. The normalized spacial score (nSPS) is 12.5. The summed E-state index contributed by atoms with van der Waals surface area (Å²) in [4.78, 5) is 10.4. The number of benzene rings is 1. The molecule has 0 radical (unpaired) electrons. The molecule has 0 spiro atoms. The molecule has 3 nitrogen and oxygen atoms in total. The van der Waals surface area contributed by atoms with Crippen molar-refractivity contribution in [2.75, 3.05) is 0 Å². The molecule has 0 amide bonds. The number of carbonyl (C=O) groups is 1. The van der Waals surface area contributed by atoms with Crippen molar-refractivity contribution in [2.24, 2.45) is 5.73 Å². The van der Waals surface area contributed by atoms with Gasteiger partial charge in [0.05, 0.1) is 6.42 Å². The first-order valence-corrected chi connectivity index (χ1v) is 4.47. The van der Waals surface area contributed by atoms with E-state index in [9.17, 15) is 18.0 Å². The number of carboxylic acids is 1. The summed E-state index contributed by atoms with van der Waals surface area (Å²) in [5, 5.41) is 8.46. The van der Waals surface area contributed by atoms with E-state index < -0.39 is 36.7 Å². The van der Waals surface area contributed by atoms with Crippen LogP contribution in [0.25, 0.3) is 0 Å². The van der Waals surface area contributed by atoms with E-state index in [4.69, 9.17) is 10.8 Å². The Morgan fingerprint density at radius 3 is 2.56 bits per heavy atom. The zero-order valence-electron chi connectivity index (χ0n) is 8.21. The summed E-state index contributed by atoms with van der Waals surface area (Å²) < 4.78 is 38.5. The van der Waals surface area contributed by atoms with Crippen molar-refractivity contribution in [3.8, 4) is 0 Å². The highest BCUT2D eigenvalue weighted by atomic mass is 19.2. The fourth-order valence-electron chi connectivity index (χ4n) is 1.31. The van der Waals surface area contributed by atoms with Gasteiger partial charge in [0.15, 0.2) is 11.6 Å². The Morgan fingerprint density at radius 1 is 1.44 bits per heavy atom. The molecule has 88 valence electrons. The van der Waals surface area contributed by atoms with Crippen molar-refractivity contribution in [3.63, 3.8) is 0 Å². The first-order chi connectivity index (χ1) is 7.45. The standard InChI is InChI=1S/C10H10F3NO2/c11-4-5-1-6(8(14)3-9(15)16)10(13)7(12)2-5/h1-2,8H,3-4,14H2,(H,15,16). The van der Waals surface area contributed by atoms with Crippen LogP contribution in [0.3, 0.4) is 0 Å². The monoisotopic (exact) mass is 233 g/mol. The zero-order chi connectivity index (χ0) is 12.3. The number of rotatable bonds is 4. The van der Waals surface area contributed by atoms with E-state index in [1.54, 1.807) is 0 Å². The molecule has 0 aliphatic carbocycles. The van der Waals surface area contributed by atoms with Crippen LogP contribution in [0.4, 0.5) is 13.2 Å². The van der Waals surface area contributed by atoms with Crippen LogP contribution in [-0.2, 0) is 11.5 Å². The molecular weight excluding hydrogens is 223 g/mol. The lowest BCUT2D eigenvalue weighted by Crippen LogP contribution is -2.17. The van der Waals surface area contributed by atoms with Gasteiger partial charge in [-0.2, -0.15) is 0 Å². The molecule has 0 fully saturated rings. The Morgan fingerprint density at radius 2 is 2.06 bits per heavy atom. The van der Waals surface area contributed by atoms with Gasteiger partial charge in [-0.15, -0.1) is 0 Å². The molecule has 0 aliphatic rings. The van der Waals surface area contributed by atoms with Crippen LogP contribution >= 0.6 is 0 Å². The minimum atomic E-state index is -1.24. The van der Waals surface area contributed by atoms with Gasteiger partial charge in [0.2, 0.25) is 0 Å². The fraction of sp³-hybridized carbons (Fsp3) is 0.300. The molecule has 16 heavy (non-hydrogen) atoms. The fourth-order valence-corrected chi connectivity index (χ4v) is 1.31. The van der Waals surface area contributed by atoms with E-state index in [2.05, 4.69) is 0 Å². The molecule has 0 heterocycles. The Kier molecular flexibility index (Phi) is 3.89. The molecule has 1 atom stereocenters. The van der Waals surface area contributed by atoms with Crippen LogP contribution in [-0.4, -0.2) is 11.1 Å². The highest BCUT2D eigenvalue weighted by Crippen LogP contribution is 2.22. The summed E-state index contributed by atoms with van der Waals surface area (Å²) in [5.74, 6) is -3.70. The maximum absolute atomic E-state index is 13.2. The van der Waals surface area contributed by atoms with E-state index in [1.807, 2.05) is 0 Å². The summed E-state index contributed by atoms with van der Waals surface area (Å²) in [5.41, 5.74) is 4.98. The van der Waals surface area contributed by atoms with Gasteiger partial charge in [0, 0.05) is 11.6 Å². The van der Waals surface area contributed by atoms with Gasteiger partial charge in [0.1, 0.15) is 6.67 Å². The minimum absolute atomic E-state index is 0.0743. The largest absolute Gasteiger partial charge is 0.481 e. The Hall–Kier alpha value is -1.56. The molecule has 0 aromatic heterocycles. The van der Waals surface area contributed by atoms with Gasteiger partial charge in [0.25, 0.3) is 0 Å². The third-order valence-electron chi connectivity index (χ3n) is 2.06. The molecular formula is C10H10F3NO2. The van der Waals surface area contributed by atoms with Crippen molar-refractivity contribution in [1.82, 2.24) is 0 Å². The van der Waals surface area contributed by atoms with Crippen molar-refractivity contribution in [2.45, 2.75) is 19.1 Å². The SMILES string of the molecule is NC(CC(=O)O)c1cc(CF)cc(F)c1F. The lowest BCUT2D eigenvalue weighted by atomic mass is 10.0. The predicted molar refractivity (Wildman–Crippen MR) is 50.4 cm³/mol. The topological polar surface area (TPSA) is 63.3 Å². The van der Waals surface area contributed by atoms with Crippen LogP contribution in [0.15, 0.2) is 12.1 Å². The van der Waals surface area contributed by atoms with Crippen LogP contribution < -0.4 is 5.73 Å². The van der Waals surface area contributed by atoms with Crippen molar-refractivity contribution in [3.05, 3.63) is 34.9 Å². The second-order valence-corrected chi connectivity index (χ2v) is 3.32. The minimum Gasteiger partial charge on any atom is -0.481 e. The molecule has 0 saturated carbocycles. The molecule has 1 aromatic rings. The molecule has 0 aliphatic heterocycles. The first kappa shape index (κ1) is 12.5. The van der Waals surface area contributed by atoms with Crippen molar-refractivity contribution in [1.29, 1.82) is 0 Å². The van der Waals surface area contributed by atoms with Crippen LogP contribution in [0, 0.1) is 11.6 Å². The van der Waals surface area contributed by atoms with E-state index >= 15 is 0 Å². The second-order valence-electron chi connectivity index (χ2n) is 3.32. The number of carboxylic acid groups (broad SMARTS) is 1. The highest BCUT2D eigenvalue weighted by Gasteiger charge is 2.18. The Balaban J connectivity index is 3.10. The molecule has 6 heteroatoms. The summed E-state index contributed by atoms with van der Waals surface area (Å²) in [7, 11) is 0. The third-order valence-corrected chi connectivity index (χ3v) is 2.06. The van der Waals surface area contributed by atoms with Crippen LogP contribution in [0.5, 0.6) is 0 Å². The molecule has 3 N–H and O–H groups in total. The van der Waals surface area contributed by atoms with Gasteiger partial charge in [-0.3, -0.25) is 4.79 Å². The summed E-state index contributed by atoms with van der Waals surface area (Å²) in [6.45, 7) is -0.968. The van der Waals surface area contributed by atoms with E-state index in [0.717, 1.165) is 6.07 Å². The number of hydrogen-bond acceptors (Lipinski definition) is 2. The number of halogens is 3. The number of aliphatic carboxylic acids is 1. The van der Waals surface area contributed by atoms with E-state index in [1.165, 1.54) is 0 Å². The molecule has 1 unspecified atom stereocenters. The number of alkyl halides is 1. The van der Waals surface area contributed by atoms with E-state index in [-0.39, 0.29) is 11.1 Å². The van der Waals surface area contributed by atoms with Gasteiger partial charge in [-0.25, -0.2) is 13.2 Å². The quantitative estimate of drug-likeness (QED) is 0.834. The average Bonchev–Trinajstić information content (AvgIpc) is 2.20. The summed E-state index contributed by atoms with van der Waals surface area (Å²) in [6, 6.07) is 0.553. The average molecular weight is 233 g/mol. The van der Waals surface area contributed by atoms with Gasteiger partial charge in [-0.05, 0) is 17.7 Å². The van der Waals surface area contributed by atoms with Crippen molar-refractivity contribution < 1.29 is 23.1 Å². The lowest BCUT2D eigenvalue weighted by Gasteiger charge is -2.12. The summed E-state index contributed by atoms with van der Waals surface area (Å²) in [6.07, 6.45) is -0.550. The molecule has 0 saturated heterocycles. The predicted octanol–water partition coefficient (Wildman–Crippen LogP) is 1.91. The number of nitrogens with two attached hydrogens (primary N) is 1. The highest BCUT2D eigenvalue weighted by molar-refractivity contribution is 5.67. The molecule has 1 aromatic carbocycles. The van der Waals surface area contributed by atoms with Gasteiger partial charge >= 0.3 is 5.97 Å². The van der Waals surface area contributed by atoms with Gasteiger partial charge < -0.3 is 10.8 Å². The smallest absolute Gasteiger partial charge is 0.305 e. The first-order valence-electron chi connectivity index (χ1n) is 4.47. The number of hydrogen-bond donors (Lipinski definition) is 2. The Bertz CT molecular complexity index is 409.